The van der Waals surface area contributed by atoms with Gasteiger partial charge in [-0.2, -0.15) is 4.98 Å². The predicted molar refractivity (Wildman–Crippen MR) is 199 cm³/mol. The van der Waals surface area contributed by atoms with Gasteiger partial charge < -0.3 is 29.9 Å². The van der Waals surface area contributed by atoms with E-state index in [1.54, 1.807) is 33.1 Å². The SMILES string of the molecule is COc1cc(N2CCC(N3CCN(C)CC3)CC2)c(C)cc1Nc1ncc(C(=O)OC(C)C)c(Nc2ccc3nccnc3c2NS(C)(=O)=O)n1. The zero-order chi connectivity index (χ0) is 36.3. The Balaban J connectivity index is 1.28. The number of carbonyl (C=O) groups is 1. The number of hydrogen-bond acceptors (Lipinski definition) is 14. The molecule has 4 aromatic rings. The van der Waals surface area contributed by atoms with Crippen LogP contribution in [0.15, 0.2) is 42.9 Å². The van der Waals surface area contributed by atoms with Crippen LogP contribution in [0.4, 0.5) is 34.5 Å². The molecular formula is C35H46N10O5S. The molecule has 2 aliphatic heterocycles. The molecule has 0 radical (unpaired) electrons. The molecule has 2 saturated heterocycles. The Labute approximate surface area is 298 Å². The lowest BCUT2D eigenvalue weighted by Gasteiger charge is -2.43. The summed E-state index contributed by atoms with van der Waals surface area (Å²) in [4.78, 5) is 38.4. The third-order valence-corrected chi connectivity index (χ3v) is 9.73. The number of hydrogen-bond donors (Lipinski definition) is 3. The largest absolute Gasteiger partial charge is 0.494 e. The van der Waals surface area contributed by atoms with Crippen LogP contribution in [0.3, 0.4) is 0 Å². The van der Waals surface area contributed by atoms with E-state index in [-0.39, 0.29) is 23.0 Å². The van der Waals surface area contributed by atoms with E-state index in [4.69, 9.17) is 9.47 Å². The van der Waals surface area contributed by atoms with Crippen molar-refractivity contribution in [2.24, 2.45) is 0 Å². The van der Waals surface area contributed by atoms with Crippen molar-refractivity contribution in [3.05, 3.63) is 54.0 Å². The van der Waals surface area contributed by atoms with Gasteiger partial charge in [0, 0.05) is 75.7 Å². The number of rotatable bonds is 11. The highest BCUT2D eigenvalue weighted by molar-refractivity contribution is 7.92. The molecule has 3 N–H and O–H groups in total. The molecule has 0 aliphatic carbocycles. The molecule has 2 aromatic heterocycles. The zero-order valence-electron chi connectivity index (χ0n) is 29.9. The molecule has 6 rings (SSSR count). The fraction of sp³-hybridized carbons (Fsp3) is 0.457. The first-order valence-electron chi connectivity index (χ1n) is 17.1. The van der Waals surface area contributed by atoms with Gasteiger partial charge in [-0.15, -0.1) is 0 Å². The fourth-order valence-electron chi connectivity index (χ4n) is 6.59. The highest BCUT2D eigenvalue weighted by Gasteiger charge is 2.28. The highest BCUT2D eigenvalue weighted by Crippen LogP contribution is 2.37. The average molecular weight is 719 g/mol. The molecule has 2 aliphatic rings. The number of piperazine rings is 1. The van der Waals surface area contributed by atoms with Crippen molar-refractivity contribution < 1.29 is 22.7 Å². The van der Waals surface area contributed by atoms with Crippen molar-refractivity contribution in [2.45, 2.75) is 45.8 Å². The smallest absolute Gasteiger partial charge is 0.343 e. The summed E-state index contributed by atoms with van der Waals surface area (Å²) in [5, 5.41) is 6.39. The molecule has 0 unspecified atom stereocenters. The molecule has 272 valence electrons. The van der Waals surface area contributed by atoms with Gasteiger partial charge in [0.2, 0.25) is 16.0 Å². The van der Waals surface area contributed by atoms with Gasteiger partial charge in [0.25, 0.3) is 0 Å². The number of sulfonamides is 1. The van der Waals surface area contributed by atoms with Crippen molar-refractivity contribution in [1.29, 1.82) is 0 Å². The fourth-order valence-corrected chi connectivity index (χ4v) is 7.16. The van der Waals surface area contributed by atoms with Crippen LogP contribution < -0.4 is 25.0 Å². The molecule has 51 heavy (non-hydrogen) atoms. The number of fused-ring (bicyclic) bond motifs is 1. The maximum Gasteiger partial charge on any atom is 0.343 e. The number of nitrogens with zero attached hydrogens (tertiary/aromatic N) is 7. The van der Waals surface area contributed by atoms with Crippen LogP contribution in [0, 0.1) is 6.92 Å². The second-order valence-electron chi connectivity index (χ2n) is 13.3. The van der Waals surface area contributed by atoms with Crippen molar-refractivity contribution in [3.8, 4) is 5.75 Å². The Hall–Kier alpha value is -4.80. The minimum atomic E-state index is -3.72. The second kappa shape index (κ2) is 15.2. The van der Waals surface area contributed by atoms with Crippen LogP contribution in [0.25, 0.3) is 11.0 Å². The number of esters is 1. The number of aryl methyl sites for hydroxylation is 1. The Bertz CT molecular complexity index is 1990. The average Bonchev–Trinajstić information content (AvgIpc) is 3.09. The van der Waals surface area contributed by atoms with Gasteiger partial charge in [-0.3, -0.25) is 19.6 Å². The van der Waals surface area contributed by atoms with Gasteiger partial charge in [-0.05, 0) is 64.4 Å². The molecule has 0 atom stereocenters. The topological polar surface area (TPSA) is 167 Å². The van der Waals surface area contributed by atoms with E-state index in [0.717, 1.165) is 69.6 Å². The maximum absolute atomic E-state index is 13.2. The third-order valence-electron chi connectivity index (χ3n) is 9.16. The van der Waals surface area contributed by atoms with Gasteiger partial charge in [-0.1, -0.05) is 0 Å². The number of carbonyl (C=O) groups excluding carboxylic acids is 1. The van der Waals surface area contributed by atoms with Crippen LogP contribution in [-0.2, 0) is 14.8 Å². The summed E-state index contributed by atoms with van der Waals surface area (Å²) in [7, 11) is 0.0873. The number of piperidine rings is 1. The summed E-state index contributed by atoms with van der Waals surface area (Å²) in [5.41, 5.74) is 4.13. The van der Waals surface area contributed by atoms with Crippen molar-refractivity contribution in [1.82, 2.24) is 29.7 Å². The lowest BCUT2D eigenvalue weighted by molar-refractivity contribution is 0.0378. The van der Waals surface area contributed by atoms with Crippen LogP contribution in [0.5, 0.6) is 5.75 Å². The second-order valence-corrected chi connectivity index (χ2v) is 15.1. The standard InChI is InChI=1S/C35H46N10O5S/c1-22(2)50-34(46)25-21-38-35(41-33(25)39-27-8-7-26-31(37-12-11-36-26)32(27)42-51(6,47)48)40-28-19-23(3)29(20-30(28)49-5)45-13-9-24(10-14-45)44-17-15-43(4)16-18-44/h7-8,11-12,19-22,24,42H,9-10,13-18H2,1-6H3,(H2,38,39,40,41). The van der Waals surface area contributed by atoms with Gasteiger partial charge in [0.1, 0.15) is 16.8 Å². The highest BCUT2D eigenvalue weighted by atomic mass is 32.2. The van der Waals surface area contributed by atoms with Crippen LogP contribution in [0.1, 0.15) is 42.6 Å². The predicted octanol–water partition coefficient (Wildman–Crippen LogP) is 4.38. The summed E-state index contributed by atoms with van der Waals surface area (Å²) in [5.74, 6) is 0.237. The summed E-state index contributed by atoms with van der Waals surface area (Å²) < 4.78 is 38.6. The molecule has 16 heteroatoms. The minimum Gasteiger partial charge on any atom is -0.494 e. The Morgan fingerprint density at radius 2 is 1.69 bits per heavy atom. The van der Waals surface area contributed by atoms with E-state index < -0.39 is 22.1 Å². The maximum atomic E-state index is 13.2. The van der Waals surface area contributed by atoms with Crippen molar-refractivity contribution in [3.63, 3.8) is 0 Å². The summed E-state index contributed by atoms with van der Waals surface area (Å²) in [6, 6.07) is 7.99. The number of anilines is 6. The molecule has 4 heterocycles. The number of ether oxygens (including phenoxy) is 2. The first-order valence-corrected chi connectivity index (χ1v) is 19.0. The van der Waals surface area contributed by atoms with E-state index in [9.17, 15) is 13.2 Å². The molecule has 0 amide bonds. The number of nitrogens with one attached hydrogen (secondary N) is 3. The molecule has 0 bridgehead atoms. The number of methoxy groups -OCH3 is 1. The monoisotopic (exact) mass is 718 g/mol. The lowest BCUT2D eigenvalue weighted by Crippen LogP contribution is -2.52. The van der Waals surface area contributed by atoms with Gasteiger partial charge >= 0.3 is 5.97 Å². The van der Waals surface area contributed by atoms with Crippen molar-refractivity contribution in [2.75, 3.05) is 79.9 Å². The summed E-state index contributed by atoms with van der Waals surface area (Å²) in [6.07, 6.45) is 7.23. The van der Waals surface area contributed by atoms with Crippen LogP contribution in [-0.4, -0.2) is 116 Å². The molecular weight excluding hydrogens is 673 g/mol. The zero-order valence-corrected chi connectivity index (χ0v) is 30.7. The summed E-state index contributed by atoms with van der Waals surface area (Å²) >= 11 is 0. The Morgan fingerprint density at radius 1 is 0.961 bits per heavy atom. The van der Waals surface area contributed by atoms with Gasteiger partial charge in [0.15, 0.2) is 5.82 Å². The Morgan fingerprint density at radius 3 is 2.37 bits per heavy atom. The van der Waals surface area contributed by atoms with E-state index in [1.807, 2.05) is 12.1 Å². The van der Waals surface area contributed by atoms with E-state index in [0.29, 0.717) is 34.2 Å². The first kappa shape index (κ1) is 36.0. The van der Waals surface area contributed by atoms with E-state index in [1.165, 1.54) is 18.6 Å². The summed E-state index contributed by atoms with van der Waals surface area (Å²) in [6.45, 7) is 12.0. The lowest BCUT2D eigenvalue weighted by atomic mass is 10.0. The number of likely N-dealkylation sites (N-methyl/N-ethyl adjacent to an activating group) is 1. The molecule has 2 aromatic carbocycles. The quantitative estimate of drug-likeness (QED) is 0.187. The van der Waals surface area contributed by atoms with E-state index >= 15 is 0 Å². The van der Waals surface area contributed by atoms with Gasteiger partial charge in [-0.25, -0.2) is 18.2 Å². The normalized spacial score (nSPS) is 16.3. The molecule has 15 nitrogen and oxygen atoms in total. The first-order chi connectivity index (χ1) is 24.4. The van der Waals surface area contributed by atoms with Crippen LogP contribution in [0.2, 0.25) is 0 Å². The van der Waals surface area contributed by atoms with Gasteiger partial charge in [0.05, 0.1) is 42.0 Å². The van der Waals surface area contributed by atoms with Crippen LogP contribution >= 0.6 is 0 Å². The third kappa shape index (κ3) is 8.57. The molecule has 0 spiro atoms. The minimum absolute atomic E-state index is 0.0530. The number of benzene rings is 2. The van der Waals surface area contributed by atoms with Crippen molar-refractivity contribution >= 4 is 61.5 Å². The van der Waals surface area contributed by atoms with E-state index in [2.05, 4.69) is 64.0 Å². The molecule has 0 saturated carbocycles. The molecule has 2 fully saturated rings. The Kier molecular flexibility index (Phi) is 10.7. The number of aromatic nitrogens is 4.